The Morgan fingerprint density at radius 3 is 2.22 bits per heavy atom. The molecule has 1 heterocycles. The quantitative estimate of drug-likeness (QED) is 0.800. The number of methoxy groups -OCH3 is 3. The fourth-order valence-corrected chi connectivity index (χ4v) is 3.16. The highest BCUT2D eigenvalue weighted by molar-refractivity contribution is 5.94. The van der Waals surface area contributed by atoms with Gasteiger partial charge >= 0.3 is 6.09 Å². The second-order valence-electron chi connectivity index (χ2n) is 6.60. The van der Waals surface area contributed by atoms with Gasteiger partial charge in [0.05, 0.1) is 27.4 Å². The third kappa shape index (κ3) is 5.33. The molecule has 1 aliphatic rings. The number of carbonyl (C=O) groups excluding carboxylic acids is 2. The van der Waals surface area contributed by atoms with Gasteiger partial charge in [-0.05, 0) is 37.1 Å². The molecule has 0 bridgehead atoms. The maximum atomic E-state index is 12.1. The summed E-state index contributed by atoms with van der Waals surface area (Å²) >= 11 is 0. The molecule has 0 saturated carbocycles. The minimum absolute atomic E-state index is 0.342. The van der Waals surface area contributed by atoms with Crippen LogP contribution < -0.4 is 14.8 Å². The van der Waals surface area contributed by atoms with Crippen LogP contribution in [0, 0.1) is 6.92 Å². The van der Waals surface area contributed by atoms with Crippen LogP contribution in [0.4, 0.5) is 4.79 Å². The van der Waals surface area contributed by atoms with Gasteiger partial charge in [-0.2, -0.15) is 0 Å². The Morgan fingerprint density at radius 2 is 1.67 bits per heavy atom. The van der Waals surface area contributed by atoms with Crippen LogP contribution >= 0.6 is 0 Å². The minimum atomic E-state index is -0.727. The molecule has 8 heteroatoms. The summed E-state index contributed by atoms with van der Waals surface area (Å²) in [6, 6.07) is 3.63. The predicted octanol–water partition coefficient (Wildman–Crippen LogP) is 1.40. The van der Waals surface area contributed by atoms with Gasteiger partial charge in [0.15, 0.2) is 11.5 Å². The van der Waals surface area contributed by atoms with Gasteiger partial charge in [0.1, 0.15) is 0 Å². The number of hydrogen-bond acceptors (Lipinski definition) is 7. The third-order valence-electron chi connectivity index (χ3n) is 4.98. The van der Waals surface area contributed by atoms with Crippen molar-refractivity contribution in [2.75, 3.05) is 47.5 Å². The summed E-state index contributed by atoms with van der Waals surface area (Å²) in [5, 5.41) is 2.23. The first-order valence-corrected chi connectivity index (χ1v) is 8.96. The number of imide groups is 1. The molecule has 2 rings (SSSR count). The van der Waals surface area contributed by atoms with Crippen LogP contribution in [0.2, 0.25) is 0 Å². The molecule has 0 radical (unpaired) electrons. The van der Waals surface area contributed by atoms with E-state index >= 15 is 0 Å². The van der Waals surface area contributed by atoms with Crippen LogP contribution in [0.25, 0.3) is 0 Å². The standard InChI is InChI=1S/C19H29N3O5/c1-13-10-16(25-3)17(26-4)11-15(13)12-21-6-8-22(9-7-21)14(2)18(23)20-19(24)27-5/h10-11,14H,6-9,12H2,1-5H3,(H,20,23,24)/t14-/m1/s1. The van der Waals surface area contributed by atoms with Crippen molar-refractivity contribution in [2.24, 2.45) is 0 Å². The van der Waals surface area contributed by atoms with Gasteiger partial charge in [-0.15, -0.1) is 0 Å². The summed E-state index contributed by atoms with van der Waals surface area (Å²) in [4.78, 5) is 27.7. The lowest BCUT2D eigenvalue weighted by molar-refractivity contribution is -0.125. The van der Waals surface area contributed by atoms with Crippen LogP contribution in [0.3, 0.4) is 0 Å². The van der Waals surface area contributed by atoms with Crippen LogP contribution in [0.15, 0.2) is 12.1 Å². The third-order valence-corrected chi connectivity index (χ3v) is 4.98. The van der Waals surface area contributed by atoms with Gasteiger partial charge < -0.3 is 14.2 Å². The molecule has 27 heavy (non-hydrogen) atoms. The SMILES string of the molecule is COC(=O)NC(=O)[C@@H](C)N1CCN(Cc2cc(OC)c(OC)cc2C)CC1. The van der Waals surface area contributed by atoms with E-state index in [2.05, 4.69) is 26.8 Å². The first-order valence-electron chi connectivity index (χ1n) is 8.96. The van der Waals surface area contributed by atoms with Crippen molar-refractivity contribution in [3.05, 3.63) is 23.3 Å². The molecule has 1 atom stereocenters. The Bertz CT molecular complexity index is 672. The molecule has 0 spiro atoms. The Balaban J connectivity index is 1.93. The molecule has 1 aromatic carbocycles. The molecule has 1 saturated heterocycles. The highest BCUT2D eigenvalue weighted by Crippen LogP contribution is 2.31. The summed E-state index contributed by atoms with van der Waals surface area (Å²) in [6.07, 6.45) is -0.727. The van der Waals surface area contributed by atoms with Crippen molar-refractivity contribution in [2.45, 2.75) is 26.4 Å². The van der Waals surface area contributed by atoms with Gasteiger partial charge in [-0.25, -0.2) is 4.79 Å². The zero-order valence-corrected chi connectivity index (χ0v) is 16.7. The van der Waals surface area contributed by atoms with Crippen molar-refractivity contribution in [1.29, 1.82) is 0 Å². The number of nitrogens with one attached hydrogen (secondary N) is 1. The molecule has 8 nitrogen and oxygen atoms in total. The average molecular weight is 379 g/mol. The molecule has 1 aromatic rings. The summed E-state index contributed by atoms with van der Waals surface area (Å²) in [5.41, 5.74) is 2.35. The van der Waals surface area contributed by atoms with E-state index in [9.17, 15) is 9.59 Å². The number of nitrogens with zero attached hydrogens (tertiary/aromatic N) is 2. The number of alkyl carbamates (subject to hydrolysis) is 1. The monoisotopic (exact) mass is 379 g/mol. The van der Waals surface area contributed by atoms with Crippen LogP contribution in [-0.2, 0) is 16.1 Å². The molecule has 1 aliphatic heterocycles. The van der Waals surface area contributed by atoms with Gasteiger partial charge in [0, 0.05) is 32.7 Å². The topological polar surface area (TPSA) is 80.3 Å². The van der Waals surface area contributed by atoms with E-state index in [1.807, 2.05) is 12.1 Å². The van der Waals surface area contributed by atoms with E-state index in [0.717, 1.165) is 49.8 Å². The molecule has 2 amide bonds. The van der Waals surface area contributed by atoms with Crippen molar-refractivity contribution in [1.82, 2.24) is 15.1 Å². The zero-order valence-electron chi connectivity index (χ0n) is 16.7. The Hall–Kier alpha value is -2.32. The van der Waals surface area contributed by atoms with Crippen molar-refractivity contribution >= 4 is 12.0 Å². The number of piperazine rings is 1. The number of carbonyl (C=O) groups is 2. The Kier molecular flexibility index (Phi) is 7.44. The van der Waals surface area contributed by atoms with Gasteiger partial charge in [-0.1, -0.05) is 0 Å². The molecule has 0 aromatic heterocycles. The van der Waals surface area contributed by atoms with Crippen molar-refractivity contribution < 1.29 is 23.8 Å². The fraction of sp³-hybridized carbons (Fsp3) is 0.579. The van der Waals surface area contributed by atoms with E-state index in [1.54, 1.807) is 21.1 Å². The van der Waals surface area contributed by atoms with E-state index in [-0.39, 0.29) is 11.9 Å². The zero-order chi connectivity index (χ0) is 20.0. The normalized spacial score (nSPS) is 16.5. The number of rotatable bonds is 6. The maximum Gasteiger partial charge on any atom is 0.413 e. The highest BCUT2D eigenvalue weighted by Gasteiger charge is 2.27. The van der Waals surface area contributed by atoms with Gasteiger partial charge in [0.2, 0.25) is 5.91 Å². The summed E-state index contributed by atoms with van der Waals surface area (Å²) in [6.45, 7) is 7.85. The van der Waals surface area contributed by atoms with Crippen LogP contribution in [-0.4, -0.2) is 75.4 Å². The van der Waals surface area contributed by atoms with E-state index in [4.69, 9.17) is 9.47 Å². The Labute approximate surface area is 160 Å². The molecule has 1 N–H and O–H groups in total. The molecular weight excluding hydrogens is 350 g/mol. The number of aryl methyl sites for hydroxylation is 1. The largest absolute Gasteiger partial charge is 0.493 e. The maximum absolute atomic E-state index is 12.1. The number of amides is 2. The average Bonchev–Trinajstić information content (AvgIpc) is 2.68. The fourth-order valence-electron chi connectivity index (χ4n) is 3.16. The first kappa shape index (κ1) is 21.0. The van der Waals surface area contributed by atoms with E-state index in [0.29, 0.717) is 0 Å². The van der Waals surface area contributed by atoms with Crippen LogP contribution in [0.1, 0.15) is 18.1 Å². The Morgan fingerprint density at radius 1 is 1.07 bits per heavy atom. The van der Waals surface area contributed by atoms with Gasteiger partial charge in [-0.3, -0.25) is 19.9 Å². The predicted molar refractivity (Wildman–Crippen MR) is 101 cm³/mol. The van der Waals surface area contributed by atoms with Gasteiger partial charge in [0.25, 0.3) is 0 Å². The minimum Gasteiger partial charge on any atom is -0.493 e. The van der Waals surface area contributed by atoms with Crippen LogP contribution in [0.5, 0.6) is 11.5 Å². The number of benzene rings is 1. The molecule has 0 aliphatic carbocycles. The lowest BCUT2D eigenvalue weighted by Crippen LogP contribution is -2.54. The molecule has 0 unspecified atom stereocenters. The summed E-state index contributed by atoms with van der Waals surface area (Å²) in [7, 11) is 4.51. The number of ether oxygens (including phenoxy) is 3. The van der Waals surface area contributed by atoms with Crippen molar-refractivity contribution in [3.8, 4) is 11.5 Å². The van der Waals surface area contributed by atoms with E-state index in [1.165, 1.54) is 12.7 Å². The first-order chi connectivity index (χ1) is 12.9. The highest BCUT2D eigenvalue weighted by atomic mass is 16.5. The molecule has 1 fully saturated rings. The second-order valence-corrected chi connectivity index (χ2v) is 6.60. The smallest absolute Gasteiger partial charge is 0.413 e. The van der Waals surface area contributed by atoms with Crippen molar-refractivity contribution in [3.63, 3.8) is 0 Å². The molecular formula is C19H29N3O5. The van der Waals surface area contributed by atoms with E-state index < -0.39 is 6.09 Å². The number of hydrogen-bond donors (Lipinski definition) is 1. The summed E-state index contributed by atoms with van der Waals surface area (Å²) < 4.78 is 15.2. The second kappa shape index (κ2) is 9.57. The lowest BCUT2D eigenvalue weighted by Gasteiger charge is -2.37. The lowest BCUT2D eigenvalue weighted by atomic mass is 10.1. The molecule has 150 valence electrons. The summed E-state index contributed by atoms with van der Waals surface area (Å²) in [5.74, 6) is 1.12.